The Balaban J connectivity index is 2.13. The zero-order valence-corrected chi connectivity index (χ0v) is 17.4. The molecule has 0 spiro atoms. The van der Waals surface area contributed by atoms with E-state index in [0.717, 1.165) is 11.1 Å². The Bertz CT molecular complexity index is 920. The topological polar surface area (TPSA) is 159 Å². The van der Waals surface area contributed by atoms with E-state index in [9.17, 15) is 24.3 Å². The molecule has 2 rings (SSSR count). The molecule has 9 heteroatoms. The van der Waals surface area contributed by atoms with Crippen LogP contribution in [0.2, 0.25) is 0 Å². The quantitative estimate of drug-likeness (QED) is 0.324. The Morgan fingerprint density at radius 1 is 0.750 bits per heavy atom. The van der Waals surface area contributed by atoms with E-state index >= 15 is 0 Å². The van der Waals surface area contributed by atoms with Gasteiger partial charge in [-0.1, -0.05) is 60.7 Å². The van der Waals surface area contributed by atoms with Crippen LogP contribution in [0.4, 0.5) is 0 Å². The van der Waals surface area contributed by atoms with Crippen molar-refractivity contribution in [2.24, 2.45) is 5.73 Å². The van der Waals surface area contributed by atoms with Crippen molar-refractivity contribution in [2.75, 3.05) is 0 Å². The van der Waals surface area contributed by atoms with Gasteiger partial charge in [0.2, 0.25) is 11.8 Å². The molecule has 2 aromatic carbocycles. The molecule has 0 aromatic heterocycles. The number of carboxylic acid groups (broad SMARTS) is 2. The average Bonchev–Trinajstić information content (AvgIpc) is 2.77. The van der Waals surface area contributed by atoms with Gasteiger partial charge in [0.15, 0.2) is 0 Å². The summed E-state index contributed by atoms with van der Waals surface area (Å²) in [7, 11) is 0. The van der Waals surface area contributed by atoms with Gasteiger partial charge < -0.3 is 26.6 Å². The first-order valence-electron chi connectivity index (χ1n) is 10.1. The lowest BCUT2D eigenvalue weighted by Gasteiger charge is -2.23. The smallest absolute Gasteiger partial charge is 0.326 e. The predicted octanol–water partition coefficient (Wildman–Crippen LogP) is 0.718. The number of hydrogen-bond acceptors (Lipinski definition) is 5. The number of aliphatic carboxylic acids is 2. The highest BCUT2D eigenvalue weighted by Gasteiger charge is 2.28. The van der Waals surface area contributed by atoms with Gasteiger partial charge in [0.25, 0.3) is 0 Å². The van der Waals surface area contributed by atoms with E-state index in [2.05, 4.69) is 10.6 Å². The van der Waals surface area contributed by atoms with Gasteiger partial charge in [-0.3, -0.25) is 14.4 Å². The molecule has 0 fully saturated rings. The van der Waals surface area contributed by atoms with E-state index < -0.39 is 41.9 Å². The standard InChI is InChI=1S/C23H27N3O6/c24-17(11-12-20(27)28)21(29)25-18(13-15-7-3-1-4-8-15)22(30)26-19(23(31)32)14-16-9-5-2-6-10-16/h1-10,17-19H,11-14,24H2,(H,25,29)(H,26,30)(H,27,28)(H,31,32)/t17-,18-,19-/m0/s1. The van der Waals surface area contributed by atoms with Crippen LogP contribution in [-0.2, 0) is 32.0 Å². The first-order valence-corrected chi connectivity index (χ1v) is 10.1. The van der Waals surface area contributed by atoms with E-state index in [1.807, 2.05) is 0 Å². The van der Waals surface area contributed by atoms with E-state index in [0.29, 0.717) is 0 Å². The summed E-state index contributed by atoms with van der Waals surface area (Å²) in [4.78, 5) is 47.8. The lowest BCUT2D eigenvalue weighted by molar-refractivity contribution is -0.142. The van der Waals surface area contributed by atoms with Gasteiger partial charge in [0.1, 0.15) is 12.1 Å². The molecule has 0 aliphatic rings. The van der Waals surface area contributed by atoms with Gasteiger partial charge >= 0.3 is 11.9 Å². The summed E-state index contributed by atoms with van der Waals surface area (Å²) >= 11 is 0. The van der Waals surface area contributed by atoms with E-state index in [1.54, 1.807) is 60.7 Å². The number of carbonyl (C=O) groups excluding carboxylic acids is 2. The lowest BCUT2D eigenvalue weighted by atomic mass is 10.0. The molecule has 0 radical (unpaired) electrons. The molecule has 0 heterocycles. The van der Waals surface area contributed by atoms with Crippen LogP contribution in [0.1, 0.15) is 24.0 Å². The van der Waals surface area contributed by atoms with Gasteiger partial charge in [-0.15, -0.1) is 0 Å². The Hall–Kier alpha value is -3.72. The molecule has 9 nitrogen and oxygen atoms in total. The van der Waals surface area contributed by atoms with Crippen LogP contribution < -0.4 is 16.4 Å². The van der Waals surface area contributed by atoms with Crippen molar-refractivity contribution in [3.05, 3.63) is 71.8 Å². The van der Waals surface area contributed by atoms with Crippen molar-refractivity contribution in [3.63, 3.8) is 0 Å². The molecule has 6 N–H and O–H groups in total. The third-order valence-electron chi connectivity index (χ3n) is 4.82. The molecule has 0 aliphatic carbocycles. The van der Waals surface area contributed by atoms with Crippen LogP contribution in [-0.4, -0.2) is 52.1 Å². The van der Waals surface area contributed by atoms with Crippen molar-refractivity contribution in [2.45, 2.75) is 43.8 Å². The number of rotatable bonds is 12. The van der Waals surface area contributed by atoms with Crippen LogP contribution in [0.25, 0.3) is 0 Å². The maximum atomic E-state index is 13.0. The molecule has 32 heavy (non-hydrogen) atoms. The summed E-state index contributed by atoms with van der Waals surface area (Å²) in [5, 5.41) is 23.4. The number of amides is 2. The van der Waals surface area contributed by atoms with Crippen molar-refractivity contribution in [3.8, 4) is 0 Å². The molecule has 0 saturated heterocycles. The molecule has 3 atom stereocenters. The van der Waals surface area contributed by atoms with Crippen LogP contribution >= 0.6 is 0 Å². The van der Waals surface area contributed by atoms with Crippen LogP contribution in [0.5, 0.6) is 0 Å². The molecule has 2 amide bonds. The van der Waals surface area contributed by atoms with Gasteiger partial charge in [-0.05, 0) is 17.5 Å². The van der Waals surface area contributed by atoms with Crippen molar-refractivity contribution >= 4 is 23.8 Å². The summed E-state index contributed by atoms with van der Waals surface area (Å²) in [6, 6.07) is 14.4. The molecule has 2 aromatic rings. The minimum atomic E-state index is -1.20. The summed E-state index contributed by atoms with van der Waals surface area (Å²) in [6.45, 7) is 0. The van der Waals surface area contributed by atoms with Crippen molar-refractivity contribution < 1.29 is 29.4 Å². The monoisotopic (exact) mass is 441 g/mol. The Kier molecular flexibility index (Phi) is 9.37. The number of nitrogens with two attached hydrogens (primary N) is 1. The van der Waals surface area contributed by atoms with Gasteiger partial charge in [0.05, 0.1) is 6.04 Å². The number of hydrogen-bond donors (Lipinski definition) is 5. The SMILES string of the molecule is N[C@@H](CCC(=O)O)C(=O)N[C@@H](Cc1ccccc1)C(=O)N[C@@H](Cc1ccccc1)C(=O)O. The van der Waals surface area contributed by atoms with Crippen molar-refractivity contribution in [1.29, 1.82) is 0 Å². The molecule has 170 valence electrons. The zero-order valence-electron chi connectivity index (χ0n) is 17.4. The first-order chi connectivity index (χ1) is 15.3. The molecule has 0 saturated carbocycles. The summed E-state index contributed by atoms with van der Waals surface area (Å²) < 4.78 is 0. The second kappa shape index (κ2) is 12.2. The first kappa shape index (κ1) is 24.5. The van der Waals surface area contributed by atoms with Crippen LogP contribution in [0.3, 0.4) is 0 Å². The fourth-order valence-corrected chi connectivity index (χ4v) is 3.07. The third kappa shape index (κ3) is 8.19. The zero-order chi connectivity index (χ0) is 23.5. The summed E-state index contributed by atoms with van der Waals surface area (Å²) in [5.41, 5.74) is 7.25. The number of carbonyl (C=O) groups is 4. The highest BCUT2D eigenvalue weighted by molar-refractivity contribution is 5.92. The Morgan fingerprint density at radius 3 is 1.69 bits per heavy atom. The second-order valence-electron chi connectivity index (χ2n) is 7.38. The summed E-state index contributed by atoms with van der Waals surface area (Å²) in [6.07, 6.45) is -0.192. The lowest BCUT2D eigenvalue weighted by Crippen LogP contribution is -2.55. The maximum absolute atomic E-state index is 13.0. The van der Waals surface area contributed by atoms with Crippen molar-refractivity contribution in [1.82, 2.24) is 10.6 Å². The van der Waals surface area contributed by atoms with Gasteiger partial charge in [-0.25, -0.2) is 4.79 Å². The molecular weight excluding hydrogens is 414 g/mol. The van der Waals surface area contributed by atoms with Crippen LogP contribution in [0.15, 0.2) is 60.7 Å². The highest BCUT2D eigenvalue weighted by atomic mass is 16.4. The minimum Gasteiger partial charge on any atom is -0.481 e. The van der Waals surface area contributed by atoms with E-state index in [4.69, 9.17) is 10.8 Å². The van der Waals surface area contributed by atoms with E-state index in [1.165, 1.54) is 0 Å². The van der Waals surface area contributed by atoms with Gasteiger partial charge in [-0.2, -0.15) is 0 Å². The number of nitrogens with one attached hydrogen (secondary N) is 2. The van der Waals surface area contributed by atoms with E-state index in [-0.39, 0.29) is 25.7 Å². The van der Waals surface area contributed by atoms with Crippen LogP contribution in [0, 0.1) is 0 Å². The minimum absolute atomic E-state index is 0.0754. The largest absolute Gasteiger partial charge is 0.481 e. The normalized spacial score (nSPS) is 13.4. The molecule has 0 aliphatic heterocycles. The Morgan fingerprint density at radius 2 is 1.22 bits per heavy atom. The number of carboxylic acids is 2. The third-order valence-corrected chi connectivity index (χ3v) is 4.82. The number of benzene rings is 2. The molecule has 0 unspecified atom stereocenters. The Labute approximate surface area is 185 Å². The fraction of sp³-hybridized carbons (Fsp3) is 0.304. The summed E-state index contributed by atoms with van der Waals surface area (Å²) in [5.74, 6) is -3.64. The maximum Gasteiger partial charge on any atom is 0.326 e. The molecule has 0 bridgehead atoms. The molecular formula is C23H27N3O6. The van der Waals surface area contributed by atoms with Gasteiger partial charge in [0, 0.05) is 19.3 Å². The average molecular weight is 441 g/mol. The predicted molar refractivity (Wildman–Crippen MR) is 117 cm³/mol. The fourth-order valence-electron chi connectivity index (χ4n) is 3.07. The highest BCUT2D eigenvalue weighted by Crippen LogP contribution is 2.07. The second-order valence-corrected chi connectivity index (χ2v) is 7.38.